The fourth-order valence-corrected chi connectivity index (χ4v) is 3.23. The number of piperidine rings is 1. The van der Waals surface area contributed by atoms with Crippen molar-refractivity contribution in [3.63, 3.8) is 0 Å². The minimum absolute atomic E-state index is 0.153. The van der Waals surface area contributed by atoms with Gasteiger partial charge < -0.3 is 9.80 Å². The highest BCUT2D eigenvalue weighted by molar-refractivity contribution is 5.74. The first kappa shape index (κ1) is 15.5. The van der Waals surface area contributed by atoms with Crippen molar-refractivity contribution in [3.05, 3.63) is 54.2 Å². The number of carbonyl (C=O) groups excluding carboxylic acids is 1. The molecule has 2 aromatic rings. The first-order chi connectivity index (χ1) is 11.2. The Bertz CT molecular complexity index is 654. The smallest absolute Gasteiger partial charge is 0.219 e. The molecule has 2 heterocycles. The number of nitrogens with zero attached hydrogens (tertiary/aromatic N) is 3. The molecule has 1 fully saturated rings. The average Bonchev–Trinajstić information content (AvgIpc) is 2.62. The number of hydrogen-bond acceptors (Lipinski definition) is 3. The van der Waals surface area contributed by atoms with E-state index >= 15 is 0 Å². The second kappa shape index (κ2) is 6.82. The summed E-state index contributed by atoms with van der Waals surface area (Å²) in [5.74, 6) is 1.06. The summed E-state index contributed by atoms with van der Waals surface area (Å²) in [4.78, 5) is 20.5. The zero-order valence-electron chi connectivity index (χ0n) is 13.8. The molecule has 0 spiro atoms. The van der Waals surface area contributed by atoms with Gasteiger partial charge in [0.15, 0.2) is 0 Å². The van der Waals surface area contributed by atoms with Crippen LogP contribution in [-0.2, 0) is 4.79 Å². The Morgan fingerprint density at radius 3 is 2.61 bits per heavy atom. The Hall–Kier alpha value is -2.36. The Kier molecular flexibility index (Phi) is 4.60. The molecule has 23 heavy (non-hydrogen) atoms. The third-order valence-corrected chi connectivity index (χ3v) is 4.55. The largest absolute Gasteiger partial charge is 0.336 e. The van der Waals surface area contributed by atoms with Crippen LogP contribution in [0.25, 0.3) is 0 Å². The number of anilines is 2. The van der Waals surface area contributed by atoms with Crippen LogP contribution in [0, 0.1) is 0 Å². The summed E-state index contributed by atoms with van der Waals surface area (Å²) in [7, 11) is 2.01. The molecule has 0 N–H and O–H groups in total. The lowest BCUT2D eigenvalue weighted by atomic mass is 9.96. The van der Waals surface area contributed by atoms with Crippen LogP contribution in [-0.4, -0.2) is 29.4 Å². The van der Waals surface area contributed by atoms with Crippen LogP contribution >= 0.6 is 0 Å². The van der Waals surface area contributed by atoms with Gasteiger partial charge in [0.1, 0.15) is 5.82 Å². The van der Waals surface area contributed by atoms with E-state index in [-0.39, 0.29) is 11.9 Å². The van der Waals surface area contributed by atoms with Crippen LogP contribution in [0.5, 0.6) is 0 Å². The van der Waals surface area contributed by atoms with Gasteiger partial charge in [0.05, 0.1) is 6.04 Å². The Balaban J connectivity index is 1.80. The van der Waals surface area contributed by atoms with E-state index in [4.69, 9.17) is 0 Å². The summed E-state index contributed by atoms with van der Waals surface area (Å²) in [6, 6.07) is 14.5. The number of benzene rings is 1. The number of pyridine rings is 1. The molecule has 0 bridgehead atoms. The van der Waals surface area contributed by atoms with Gasteiger partial charge in [-0.25, -0.2) is 4.98 Å². The highest BCUT2D eigenvalue weighted by atomic mass is 16.2. The Labute approximate surface area is 137 Å². The second-order valence-corrected chi connectivity index (χ2v) is 6.07. The van der Waals surface area contributed by atoms with E-state index in [2.05, 4.69) is 28.1 Å². The maximum absolute atomic E-state index is 11.8. The molecule has 1 aromatic carbocycles. The molecule has 4 nitrogen and oxygen atoms in total. The maximum atomic E-state index is 11.8. The molecule has 3 rings (SSSR count). The number of rotatable bonds is 3. The van der Waals surface area contributed by atoms with Crippen molar-refractivity contribution >= 4 is 17.4 Å². The van der Waals surface area contributed by atoms with E-state index in [1.807, 2.05) is 42.4 Å². The zero-order chi connectivity index (χ0) is 16.2. The third-order valence-electron chi connectivity index (χ3n) is 4.55. The van der Waals surface area contributed by atoms with Gasteiger partial charge in [-0.05, 0) is 43.0 Å². The standard InChI is InChI=1S/C19H23N3O/c1-15(23)22-13-7-6-10-18(22)16-11-12-19(20-14-16)21(2)17-8-4-3-5-9-17/h3-5,8-9,11-12,14,18H,6-7,10,13H2,1-2H3. The summed E-state index contributed by atoms with van der Waals surface area (Å²) in [6.07, 6.45) is 5.20. The second-order valence-electron chi connectivity index (χ2n) is 6.07. The van der Waals surface area contributed by atoms with E-state index < -0.39 is 0 Å². The fraction of sp³-hybridized carbons (Fsp3) is 0.368. The van der Waals surface area contributed by atoms with Gasteiger partial charge in [0.25, 0.3) is 0 Å². The Morgan fingerprint density at radius 1 is 1.17 bits per heavy atom. The molecule has 1 unspecified atom stereocenters. The lowest BCUT2D eigenvalue weighted by Crippen LogP contribution is -2.37. The van der Waals surface area contributed by atoms with Crippen LogP contribution in [0.3, 0.4) is 0 Å². The summed E-state index contributed by atoms with van der Waals surface area (Å²) in [5.41, 5.74) is 2.24. The summed E-state index contributed by atoms with van der Waals surface area (Å²) in [5, 5.41) is 0. The SMILES string of the molecule is CC(=O)N1CCCCC1c1ccc(N(C)c2ccccc2)nc1. The van der Waals surface area contributed by atoms with Crippen molar-refractivity contribution in [2.75, 3.05) is 18.5 Å². The lowest BCUT2D eigenvalue weighted by molar-refractivity contribution is -0.132. The molecule has 4 heteroatoms. The number of hydrogen-bond donors (Lipinski definition) is 0. The molecular weight excluding hydrogens is 286 g/mol. The average molecular weight is 309 g/mol. The van der Waals surface area contributed by atoms with Crippen molar-refractivity contribution < 1.29 is 4.79 Å². The molecule has 0 radical (unpaired) electrons. The van der Waals surface area contributed by atoms with Gasteiger partial charge in [-0.1, -0.05) is 24.3 Å². The van der Waals surface area contributed by atoms with Gasteiger partial charge in [-0.2, -0.15) is 0 Å². The van der Waals surface area contributed by atoms with E-state index in [1.54, 1.807) is 6.92 Å². The van der Waals surface area contributed by atoms with E-state index in [0.717, 1.165) is 36.5 Å². The van der Waals surface area contributed by atoms with Crippen LogP contribution in [0.15, 0.2) is 48.7 Å². The fourth-order valence-electron chi connectivity index (χ4n) is 3.23. The highest BCUT2D eigenvalue weighted by Crippen LogP contribution is 2.31. The monoisotopic (exact) mass is 309 g/mol. The van der Waals surface area contributed by atoms with Crippen molar-refractivity contribution in [2.24, 2.45) is 0 Å². The van der Waals surface area contributed by atoms with Gasteiger partial charge in [0.2, 0.25) is 5.91 Å². The number of aromatic nitrogens is 1. The van der Waals surface area contributed by atoms with Crippen LogP contribution < -0.4 is 4.90 Å². The molecule has 0 saturated carbocycles. The van der Waals surface area contributed by atoms with E-state index in [1.165, 1.54) is 6.42 Å². The van der Waals surface area contributed by atoms with Gasteiger partial charge in [0, 0.05) is 32.4 Å². The molecule has 1 amide bonds. The molecule has 120 valence electrons. The molecule has 1 saturated heterocycles. The topological polar surface area (TPSA) is 36.4 Å². The minimum atomic E-state index is 0.153. The quantitative estimate of drug-likeness (QED) is 0.862. The number of carbonyl (C=O) groups is 1. The predicted octanol–water partition coefficient (Wildman–Crippen LogP) is 3.92. The zero-order valence-corrected chi connectivity index (χ0v) is 13.8. The maximum Gasteiger partial charge on any atom is 0.219 e. The van der Waals surface area contributed by atoms with Crippen LogP contribution in [0.4, 0.5) is 11.5 Å². The van der Waals surface area contributed by atoms with Gasteiger partial charge in [-0.15, -0.1) is 0 Å². The number of amides is 1. The van der Waals surface area contributed by atoms with Crippen molar-refractivity contribution in [1.29, 1.82) is 0 Å². The van der Waals surface area contributed by atoms with Gasteiger partial charge >= 0.3 is 0 Å². The number of para-hydroxylation sites is 1. The van der Waals surface area contributed by atoms with Gasteiger partial charge in [-0.3, -0.25) is 4.79 Å². The summed E-state index contributed by atoms with van der Waals surface area (Å²) < 4.78 is 0. The summed E-state index contributed by atoms with van der Waals surface area (Å²) in [6.45, 7) is 2.51. The first-order valence-corrected chi connectivity index (χ1v) is 8.19. The van der Waals surface area contributed by atoms with Crippen molar-refractivity contribution in [1.82, 2.24) is 9.88 Å². The van der Waals surface area contributed by atoms with E-state index in [9.17, 15) is 4.79 Å². The van der Waals surface area contributed by atoms with Crippen LogP contribution in [0.2, 0.25) is 0 Å². The Morgan fingerprint density at radius 2 is 1.96 bits per heavy atom. The highest BCUT2D eigenvalue weighted by Gasteiger charge is 2.26. The molecule has 1 aliphatic rings. The number of likely N-dealkylation sites (tertiary alicyclic amines) is 1. The normalized spacial score (nSPS) is 17.8. The van der Waals surface area contributed by atoms with Crippen molar-refractivity contribution in [3.8, 4) is 0 Å². The van der Waals surface area contributed by atoms with Crippen LogP contribution in [0.1, 0.15) is 37.8 Å². The molecule has 1 atom stereocenters. The lowest BCUT2D eigenvalue weighted by Gasteiger charge is -2.35. The first-order valence-electron chi connectivity index (χ1n) is 8.19. The third kappa shape index (κ3) is 3.36. The molecule has 0 aliphatic carbocycles. The minimum Gasteiger partial charge on any atom is -0.336 e. The van der Waals surface area contributed by atoms with Crippen molar-refractivity contribution in [2.45, 2.75) is 32.2 Å². The molecule has 1 aromatic heterocycles. The predicted molar refractivity (Wildman–Crippen MR) is 92.7 cm³/mol. The van der Waals surface area contributed by atoms with E-state index in [0.29, 0.717) is 0 Å². The summed E-state index contributed by atoms with van der Waals surface area (Å²) >= 11 is 0. The molecule has 1 aliphatic heterocycles. The molecular formula is C19H23N3O.